The van der Waals surface area contributed by atoms with Crippen LogP contribution in [0, 0.1) is 16.0 Å². The molecule has 1 aliphatic rings. The number of carbonyl (C=O) groups is 1. The fourth-order valence-electron chi connectivity index (χ4n) is 2.25. The second-order valence-electron chi connectivity index (χ2n) is 4.95. The van der Waals surface area contributed by atoms with Crippen molar-refractivity contribution in [3.05, 3.63) is 27.8 Å². The molecule has 0 aliphatic heterocycles. The first kappa shape index (κ1) is 15.9. The van der Waals surface area contributed by atoms with Crippen LogP contribution < -0.4 is 19.5 Å². The minimum atomic E-state index is -0.750. The normalized spacial score (nSPS) is 19.2. The van der Waals surface area contributed by atoms with Crippen LogP contribution in [0.5, 0.6) is 17.2 Å². The Labute approximate surface area is 127 Å². The van der Waals surface area contributed by atoms with Gasteiger partial charge in [0.05, 0.1) is 21.3 Å². The lowest BCUT2D eigenvalue weighted by Crippen LogP contribution is -2.26. The third-order valence-corrected chi connectivity index (χ3v) is 3.56. The van der Waals surface area contributed by atoms with Crippen molar-refractivity contribution in [3.8, 4) is 17.2 Å². The molecule has 1 N–H and O–H groups in total. The molecule has 0 radical (unpaired) electrons. The second kappa shape index (κ2) is 6.50. The minimum absolute atomic E-state index is 0.233. The van der Waals surface area contributed by atoms with E-state index >= 15 is 0 Å². The molecule has 0 bridgehead atoms. The van der Waals surface area contributed by atoms with Crippen molar-refractivity contribution in [1.82, 2.24) is 5.32 Å². The van der Waals surface area contributed by atoms with Gasteiger partial charge in [0.1, 0.15) is 5.92 Å². The molecule has 1 fully saturated rings. The summed E-state index contributed by atoms with van der Waals surface area (Å²) >= 11 is 0. The van der Waals surface area contributed by atoms with Crippen LogP contribution in [0.25, 0.3) is 0 Å². The van der Waals surface area contributed by atoms with Gasteiger partial charge in [-0.2, -0.15) is 0 Å². The smallest absolute Gasteiger partial charge is 0.230 e. The Morgan fingerprint density at radius 3 is 2.27 bits per heavy atom. The SMILES string of the molecule is COc1cc(CNC(=O)[C@H]2C[C@@H]2[N+](=O)[O-])cc(OC)c1OC. The van der Waals surface area contributed by atoms with Crippen LogP contribution in [0.4, 0.5) is 0 Å². The van der Waals surface area contributed by atoms with Crippen molar-refractivity contribution < 1.29 is 23.9 Å². The lowest BCUT2D eigenvalue weighted by atomic mass is 10.1. The first-order chi connectivity index (χ1) is 10.5. The molecule has 1 aliphatic carbocycles. The number of carbonyl (C=O) groups excluding carboxylic acids is 1. The standard InChI is InChI=1S/C14H18N2O6/c1-20-11-4-8(5-12(21-2)13(11)22-3)7-15-14(17)9-6-10(9)16(18)19/h4-5,9-10H,6-7H2,1-3H3,(H,15,17)/t9-,10-/m0/s1. The van der Waals surface area contributed by atoms with Crippen molar-refractivity contribution in [2.24, 2.45) is 5.92 Å². The van der Waals surface area contributed by atoms with Crippen LogP contribution in [0.15, 0.2) is 12.1 Å². The summed E-state index contributed by atoms with van der Waals surface area (Å²) in [5, 5.41) is 13.3. The Balaban J connectivity index is 2.04. The number of amides is 1. The summed E-state index contributed by atoms with van der Waals surface area (Å²) < 4.78 is 15.7. The number of benzene rings is 1. The monoisotopic (exact) mass is 310 g/mol. The number of methoxy groups -OCH3 is 3. The quantitative estimate of drug-likeness (QED) is 0.595. The molecule has 1 aromatic rings. The summed E-state index contributed by atoms with van der Waals surface area (Å²) in [7, 11) is 4.52. The van der Waals surface area contributed by atoms with Crippen LogP contribution in [0.2, 0.25) is 0 Å². The molecule has 120 valence electrons. The van der Waals surface area contributed by atoms with E-state index in [9.17, 15) is 14.9 Å². The van der Waals surface area contributed by atoms with E-state index < -0.39 is 16.9 Å². The van der Waals surface area contributed by atoms with Crippen molar-refractivity contribution in [2.45, 2.75) is 19.0 Å². The molecule has 0 spiro atoms. The Morgan fingerprint density at radius 2 is 1.86 bits per heavy atom. The first-order valence-corrected chi connectivity index (χ1v) is 6.71. The van der Waals surface area contributed by atoms with Gasteiger partial charge in [0, 0.05) is 17.9 Å². The van der Waals surface area contributed by atoms with E-state index in [1.807, 2.05) is 0 Å². The summed E-state index contributed by atoms with van der Waals surface area (Å²) in [6.07, 6.45) is 0.300. The lowest BCUT2D eigenvalue weighted by molar-refractivity contribution is -0.497. The number of hydrogen-bond donors (Lipinski definition) is 1. The molecule has 1 saturated carbocycles. The molecule has 1 aromatic carbocycles. The Morgan fingerprint density at radius 1 is 1.27 bits per heavy atom. The van der Waals surface area contributed by atoms with E-state index in [1.54, 1.807) is 12.1 Å². The van der Waals surface area contributed by atoms with Crippen LogP contribution >= 0.6 is 0 Å². The summed E-state index contributed by atoms with van der Waals surface area (Å²) in [6, 6.07) is 2.69. The molecule has 0 unspecified atom stereocenters. The van der Waals surface area contributed by atoms with Gasteiger partial charge in [-0.15, -0.1) is 0 Å². The maximum Gasteiger partial charge on any atom is 0.230 e. The van der Waals surface area contributed by atoms with Gasteiger partial charge in [-0.25, -0.2) is 0 Å². The second-order valence-corrected chi connectivity index (χ2v) is 4.95. The zero-order chi connectivity index (χ0) is 16.3. The molecule has 2 rings (SSSR count). The average Bonchev–Trinajstić information content (AvgIpc) is 3.32. The first-order valence-electron chi connectivity index (χ1n) is 6.71. The molecule has 0 heterocycles. The van der Waals surface area contributed by atoms with Gasteiger partial charge in [0.15, 0.2) is 11.5 Å². The number of nitrogens with one attached hydrogen (secondary N) is 1. The predicted molar refractivity (Wildman–Crippen MR) is 76.8 cm³/mol. The van der Waals surface area contributed by atoms with E-state index in [4.69, 9.17) is 14.2 Å². The maximum absolute atomic E-state index is 11.8. The van der Waals surface area contributed by atoms with Crippen LogP contribution in [-0.4, -0.2) is 38.2 Å². The van der Waals surface area contributed by atoms with Gasteiger partial charge in [0.2, 0.25) is 17.7 Å². The maximum atomic E-state index is 11.8. The Kier molecular flexibility index (Phi) is 4.69. The van der Waals surface area contributed by atoms with E-state index in [0.717, 1.165) is 5.56 Å². The van der Waals surface area contributed by atoms with Gasteiger partial charge in [-0.1, -0.05) is 0 Å². The highest BCUT2D eigenvalue weighted by molar-refractivity contribution is 5.82. The van der Waals surface area contributed by atoms with Crippen molar-refractivity contribution in [2.75, 3.05) is 21.3 Å². The van der Waals surface area contributed by atoms with E-state index in [1.165, 1.54) is 21.3 Å². The Hall–Kier alpha value is -2.51. The van der Waals surface area contributed by atoms with E-state index in [-0.39, 0.29) is 12.5 Å². The van der Waals surface area contributed by atoms with Gasteiger partial charge < -0.3 is 19.5 Å². The number of rotatable bonds is 7. The van der Waals surface area contributed by atoms with E-state index in [2.05, 4.69) is 5.32 Å². The predicted octanol–water partition coefficient (Wildman–Crippen LogP) is 0.994. The summed E-state index contributed by atoms with van der Waals surface area (Å²) in [6.45, 7) is 0.233. The molecule has 22 heavy (non-hydrogen) atoms. The van der Waals surface area contributed by atoms with Gasteiger partial charge in [-0.3, -0.25) is 14.9 Å². The van der Waals surface area contributed by atoms with Crippen molar-refractivity contribution >= 4 is 5.91 Å². The molecule has 8 nitrogen and oxygen atoms in total. The summed E-state index contributed by atoms with van der Waals surface area (Å²) in [4.78, 5) is 22.0. The third-order valence-electron chi connectivity index (χ3n) is 3.56. The number of hydrogen-bond acceptors (Lipinski definition) is 6. The van der Waals surface area contributed by atoms with Crippen molar-refractivity contribution in [3.63, 3.8) is 0 Å². The molecular formula is C14H18N2O6. The highest BCUT2D eigenvalue weighted by Gasteiger charge is 2.53. The van der Waals surface area contributed by atoms with Crippen molar-refractivity contribution in [1.29, 1.82) is 0 Å². The Bertz CT molecular complexity index is 564. The van der Waals surface area contributed by atoms with Gasteiger partial charge >= 0.3 is 0 Å². The number of nitro groups is 1. The number of ether oxygens (including phenoxy) is 3. The molecule has 8 heteroatoms. The minimum Gasteiger partial charge on any atom is -0.493 e. The average molecular weight is 310 g/mol. The highest BCUT2D eigenvalue weighted by atomic mass is 16.6. The number of nitrogens with zero attached hydrogens (tertiary/aromatic N) is 1. The fraction of sp³-hybridized carbons (Fsp3) is 0.500. The zero-order valence-corrected chi connectivity index (χ0v) is 12.6. The molecule has 1 amide bonds. The lowest BCUT2D eigenvalue weighted by Gasteiger charge is -2.14. The zero-order valence-electron chi connectivity index (χ0n) is 12.6. The largest absolute Gasteiger partial charge is 0.493 e. The topological polar surface area (TPSA) is 99.9 Å². The third kappa shape index (κ3) is 3.21. The molecular weight excluding hydrogens is 292 g/mol. The molecule has 0 aromatic heterocycles. The molecule has 0 saturated heterocycles. The molecule has 2 atom stereocenters. The fourth-order valence-corrected chi connectivity index (χ4v) is 2.25. The van der Waals surface area contributed by atoms with Crippen LogP contribution in [0.3, 0.4) is 0 Å². The van der Waals surface area contributed by atoms with Gasteiger partial charge in [0.25, 0.3) is 0 Å². The highest BCUT2D eigenvalue weighted by Crippen LogP contribution is 2.38. The van der Waals surface area contributed by atoms with Crippen LogP contribution in [-0.2, 0) is 11.3 Å². The summed E-state index contributed by atoms with van der Waals surface area (Å²) in [5.41, 5.74) is 0.751. The van der Waals surface area contributed by atoms with E-state index in [0.29, 0.717) is 23.7 Å². The summed E-state index contributed by atoms with van der Waals surface area (Å²) in [5.74, 6) is 0.601. The van der Waals surface area contributed by atoms with Crippen LogP contribution in [0.1, 0.15) is 12.0 Å². The van der Waals surface area contributed by atoms with Gasteiger partial charge in [-0.05, 0) is 17.7 Å².